The average molecular weight is 347 g/mol. The number of thiazole rings is 1. The zero-order valence-electron chi connectivity index (χ0n) is 14.2. The summed E-state index contributed by atoms with van der Waals surface area (Å²) in [5.41, 5.74) is 1.12. The number of aromatic amines is 1. The van der Waals surface area contributed by atoms with Gasteiger partial charge in [0.05, 0.1) is 29.0 Å². The lowest BCUT2D eigenvalue weighted by Crippen LogP contribution is -2.44. The van der Waals surface area contributed by atoms with Crippen LogP contribution in [-0.2, 0) is 15.1 Å². The van der Waals surface area contributed by atoms with Crippen LogP contribution in [0.2, 0.25) is 0 Å². The van der Waals surface area contributed by atoms with Gasteiger partial charge in [-0.05, 0) is 27.7 Å². The molecular formula is C16H21N5O2S. The lowest BCUT2D eigenvalue weighted by atomic mass is 10.0. The van der Waals surface area contributed by atoms with E-state index >= 15 is 0 Å². The van der Waals surface area contributed by atoms with Crippen molar-refractivity contribution in [2.75, 3.05) is 11.4 Å². The monoisotopic (exact) mass is 347 g/mol. The molecule has 1 fully saturated rings. The Hall–Kier alpha value is -2.22. The van der Waals surface area contributed by atoms with Crippen LogP contribution in [0.1, 0.15) is 35.8 Å². The molecule has 3 rings (SSSR count). The van der Waals surface area contributed by atoms with Gasteiger partial charge < -0.3 is 10.2 Å². The van der Waals surface area contributed by atoms with Crippen molar-refractivity contribution in [3.05, 3.63) is 28.0 Å². The van der Waals surface area contributed by atoms with Gasteiger partial charge in [-0.3, -0.25) is 14.7 Å². The third-order valence-corrected chi connectivity index (χ3v) is 5.69. The van der Waals surface area contributed by atoms with Gasteiger partial charge in [-0.25, -0.2) is 4.98 Å². The second-order valence-electron chi connectivity index (χ2n) is 6.64. The van der Waals surface area contributed by atoms with Gasteiger partial charge in [-0.15, -0.1) is 11.3 Å². The van der Waals surface area contributed by atoms with Crippen LogP contribution in [0, 0.1) is 19.8 Å². The number of anilines is 1. The summed E-state index contributed by atoms with van der Waals surface area (Å²) in [6, 6.07) is 0. The highest BCUT2D eigenvalue weighted by molar-refractivity contribution is 7.11. The highest BCUT2D eigenvalue weighted by Gasteiger charge is 2.38. The maximum Gasteiger partial charge on any atom is 0.227 e. The molecule has 128 valence electrons. The number of nitrogens with zero attached hydrogens (tertiary/aromatic N) is 3. The quantitative estimate of drug-likeness (QED) is 0.883. The van der Waals surface area contributed by atoms with Crippen molar-refractivity contribution >= 4 is 28.8 Å². The second kappa shape index (κ2) is 6.01. The second-order valence-corrected chi connectivity index (χ2v) is 7.84. The largest absolute Gasteiger partial charge is 0.344 e. The van der Waals surface area contributed by atoms with Gasteiger partial charge in [-0.2, -0.15) is 5.10 Å². The zero-order chi connectivity index (χ0) is 17.5. The van der Waals surface area contributed by atoms with Crippen LogP contribution >= 0.6 is 11.3 Å². The maximum atomic E-state index is 12.7. The summed E-state index contributed by atoms with van der Waals surface area (Å²) >= 11 is 1.59. The van der Waals surface area contributed by atoms with E-state index in [1.807, 2.05) is 27.7 Å². The van der Waals surface area contributed by atoms with Gasteiger partial charge in [0.15, 0.2) is 0 Å². The number of carbonyl (C=O) groups is 2. The summed E-state index contributed by atoms with van der Waals surface area (Å²) in [4.78, 5) is 32.1. The first-order valence-electron chi connectivity index (χ1n) is 7.83. The van der Waals surface area contributed by atoms with E-state index in [2.05, 4.69) is 20.5 Å². The van der Waals surface area contributed by atoms with Gasteiger partial charge in [0, 0.05) is 24.0 Å². The Labute approximate surface area is 144 Å². The third-order valence-electron chi connectivity index (χ3n) is 4.29. The van der Waals surface area contributed by atoms with Crippen LogP contribution in [0.3, 0.4) is 0 Å². The lowest BCUT2D eigenvalue weighted by Gasteiger charge is -2.25. The lowest BCUT2D eigenvalue weighted by molar-refractivity contribution is -0.127. The molecule has 2 aromatic heterocycles. The number of aryl methyl sites for hydroxylation is 2. The minimum absolute atomic E-state index is 0.0599. The molecule has 0 aliphatic carbocycles. The van der Waals surface area contributed by atoms with Gasteiger partial charge in [-0.1, -0.05) is 0 Å². The molecule has 1 saturated heterocycles. The molecule has 2 N–H and O–H groups in total. The first kappa shape index (κ1) is 16.6. The van der Waals surface area contributed by atoms with Crippen molar-refractivity contribution in [1.29, 1.82) is 0 Å². The fraction of sp³-hybridized carbons (Fsp3) is 0.500. The molecule has 24 heavy (non-hydrogen) atoms. The Balaban J connectivity index is 1.70. The minimum atomic E-state index is -0.563. The number of hydrogen-bond acceptors (Lipinski definition) is 5. The maximum absolute atomic E-state index is 12.7. The fourth-order valence-corrected chi connectivity index (χ4v) is 3.70. The van der Waals surface area contributed by atoms with Gasteiger partial charge >= 0.3 is 0 Å². The van der Waals surface area contributed by atoms with Crippen LogP contribution < -0.4 is 10.2 Å². The molecule has 8 heteroatoms. The van der Waals surface area contributed by atoms with E-state index in [0.29, 0.717) is 12.2 Å². The fourth-order valence-electron chi connectivity index (χ4n) is 2.73. The first-order chi connectivity index (χ1) is 11.3. The Bertz CT molecular complexity index is 746. The number of H-pyrrole nitrogens is 1. The van der Waals surface area contributed by atoms with Crippen LogP contribution in [0.4, 0.5) is 5.69 Å². The SMILES string of the molecule is Cc1nc(C(C)(C)NC(=O)[C@@H]2CC(=O)N(c3cn[nH]c3)C2)sc1C. The van der Waals surface area contributed by atoms with E-state index in [9.17, 15) is 9.59 Å². The molecule has 2 aromatic rings. The molecule has 0 saturated carbocycles. The number of hydrogen-bond donors (Lipinski definition) is 2. The molecule has 2 amide bonds. The molecule has 0 radical (unpaired) electrons. The minimum Gasteiger partial charge on any atom is -0.344 e. The molecule has 3 heterocycles. The average Bonchev–Trinajstić information content (AvgIpc) is 3.20. The Kier molecular flexibility index (Phi) is 4.16. The first-order valence-corrected chi connectivity index (χ1v) is 8.65. The predicted molar refractivity (Wildman–Crippen MR) is 91.8 cm³/mol. The smallest absolute Gasteiger partial charge is 0.227 e. The van der Waals surface area contributed by atoms with Gasteiger partial charge in [0.25, 0.3) is 0 Å². The van der Waals surface area contributed by atoms with Crippen molar-refractivity contribution in [1.82, 2.24) is 20.5 Å². The van der Waals surface area contributed by atoms with Gasteiger partial charge in [0.2, 0.25) is 11.8 Å². The summed E-state index contributed by atoms with van der Waals surface area (Å²) in [7, 11) is 0. The van der Waals surface area contributed by atoms with E-state index < -0.39 is 5.54 Å². The van der Waals surface area contributed by atoms with Crippen molar-refractivity contribution in [3.63, 3.8) is 0 Å². The number of amides is 2. The summed E-state index contributed by atoms with van der Waals surface area (Å²) < 4.78 is 0. The molecule has 1 aliphatic heterocycles. The van der Waals surface area contributed by atoms with E-state index in [4.69, 9.17) is 0 Å². The summed E-state index contributed by atoms with van der Waals surface area (Å²) in [6.45, 7) is 8.23. The highest BCUT2D eigenvalue weighted by Crippen LogP contribution is 2.29. The van der Waals surface area contributed by atoms with E-state index in [0.717, 1.165) is 15.6 Å². The van der Waals surface area contributed by atoms with Crippen LogP contribution in [0.5, 0.6) is 0 Å². The van der Waals surface area contributed by atoms with E-state index in [1.165, 1.54) is 0 Å². The standard InChI is InChI=1S/C16H21N5O2S/c1-9-10(2)24-15(19-9)16(3,4)20-14(23)11-5-13(22)21(8-11)12-6-17-18-7-12/h6-7,11H,5,8H2,1-4H3,(H,17,18)(H,20,23)/t11-/m1/s1. The topological polar surface area (TPSA) is 91.0 Å². The number of carbonyl (C=O) groups excluding carboxylic acids is 2. The number of nitrogens with one attached hydrogen (secondary N) is 2. The van der Waals surface area contributed by atoms with Crippen molar-refractivity contribution in [2.24, 2.45) is 5.92 Å². The number of aromatic nitrogens is 3. The van der Waals surface area contributed by atoms with Crippen LogP contribution in [0.25, 0.3) is 0 Å². The van der Waals surface area contributed by atoms with E-state index in [-0.39, 0.29) is 24.2 Å². The molecule has 0 unspecified atom stereocenters. The van der Waals surface area contributed by atoms with Gasteiger partial charge in [0.1, 0.15) is 5.01 Å². The van der Waals surface area contributed by atoms with Crippen molar-refractivity contribution in [3.8, 4) is 0 Å². The van der Waals surface area contributed by atoms with Crippen LogP contribution in [0.15, 0.2) is 12.4 Å². The predicted octanol–water partition coefficient (Wildman–Crippen LogP) is 1.89. The zero-order valence-corrected chi connectivity index (χ0v) is 15.0. The molecular weight excluding hydrogens is 326 g/mol. The van der Waals surface area contributed by atoms with Crippen LogP contribution in [-0.4, -0.2) is 33.5 Å². The Morgan fingerprint density at radius 1 is 1.46 bits per heavy atom. The number of rotatable bonds is 4. The molecule has 1 aliphatic rings. The summed E-state index contributed by atoms with van der Waals surface area (Å²) in [5, 5.41) is 10.5. The summed E-state index contributed by atoms with van der Waals surface area (Å²) in [6.07, 6.45) is 3.45. The Morgan fingerprint density at radius 3 is 2.79 bits per heavy atom. The Morgan fingerprint density at radius 2 is 2.21 bits per heavy atom. The third kappa shape index (κ3) is 3.06. The summed E-state index contributed by atoms with van der Waals surface area (Å²) in [5.74, 6) is -0.547. The molecule has 0 bridgehead atoms. The highest BCUT2D eigenvalue weighted by atomic mass is 32.1. The van der Waals surface area contributed by atoms with Crippen molar-refractivity contribution < 1.29 is 9.59 Å². The van der Waals surface area contributed by atoms with Crippen molar-refractivity contribution in [2.45, 2.75) is 39.7 Å². The van der Waals surface area contributed by atoms with E-state index in [1.54, 1.807) is 28.6 Å². The molecule has 0 aromatic carbocycles. The molecule has 0 spiro atoms. The molecule has 7 nitrogen and oxygen atoms in total. The molecule has 1 atom stereocenters. The normalized spacial score (nSPS) is 18.2.